The SMILES string of the molecule is CC(C)CCC[C@@H](C)C1CCC2C3CCC4C[C@@H](OC(=O)C(C)(C)C)CC[C@]4(C)C3CC[C@@]21C.CC(C)C[Si]12O[Si]3(CC(C)C)O[Si]4(CC(C)C)O[Si](CC(C)C)(O1)O[Si]1(CC(C)C)O[Si](CC(C)C)(O2)O[Si](CC(C)C)(O3)O[Si](CC(C)(C)C)(O4)O1.CCC(CO)(CO)C(C)(C)C.Cc1cc(C(C)(C)C)ccc1CCOCCOCCO.OCCCCOCCO. The molecule has 6 aliphatic heterocycles. The van der Waals surface area contributed by atoms with Crippen molar-refractivity contribution in [3.05, 3.63) is 34.9 Å². The first-order chi connectivity index (χ1) is 58.8. The highest BCUT2D eigenvalue weighted by atomic mass is 28.6. The van der Waals surface area contributed by atoms with Crippen LogP contribution in [0.25, 0.3) is 0 Å². The lowest BCUT2D eigenvalue weighted by Gasteiger charge is -2.64. The number of aryl methyl sites for hydroxylation is 1. The molecule has 10 fully saturated rings. The minimum Gasteiger partial charge on any atom is -0.462 e. The van der Waals surface area contributed by atoms with Crippen LogP contribution in [0.15, 0.2) is 18.2 Å². The van der Waals surface area contributed by atoms with Gasteiger partial charge in [0, 0.05) is 67.0 Å². The smallest absolute Gasteiger partial charge is 0.462 e. The van der Waals surface area contributed by atoms with Crippen LogP contribution >= 0.6 is 0 Å². The molecule has 744 valence electrons. The summed E-state index contributed by atoms with van der Waals surface area (Å²) < 4.78 is 115. The third kappa shape index (κ3) is 32.6. The summed E-state index contributed by atoms with van der Waals surface area (Å²) in [5, 5.41) is 43.4. The van der Waals surface area contributed by atoms with Crippen LogP contribution in [-0.4, -0.2) is 181 Å². The zero-order chi connectivity index (χ0) is 95.7. The Morgan fingerprint density at radius 1 is 0.449 bits per heavy atom. The number of carbonyl (C=O) groups excluding carboxylic acids is 1. The lowest BCUT2D eigenvalue weighted by atomic mass is 9.44. The van der Waals surface area contributed by atoms with Crippen LogP contribution in [0.3, 0.4) is 0 Å². The van der Waals surface area contributed by atoms with Gasteiger partial charge in [-0.1, -0.05) is 238 Å². The zero-order valence-corrected chi connectivity index (χ0v) is 94.8. The van der Waals surface area contributed by atoms with E-state index in [0.717, 1.165) is 80.0 Å². The van der Waals surface area contributed by atoms with Crippen LogP contribution in [-0.2, 0) is 85.0 Å². The minimum atomic E-state index is -3.92. The highest BCUT2D eigenvalue weighted by molar-refractivity contribution is 7.03. The molecule has 1 aromatic rings. The van der Waals surface area contributed by atoms with Gasteiger partial charge in [-0.25, -0.2) is 0 Å². The molecule has 4 aliphatic carbocycles. The molecule has 6 heterocycles. The molecule has 9 atom stereocenters. The topological polar surface area (TPSA) is 266 Å². The number of esters is 1. The number of aliphatic hydroxyl groups excluding tert-OH is 5. The van der Waals surface area contributed by atoms with Crippen molar-refractivity contribution in [2.24, 2.45) is 115 Å². The summed E-state index contributed by atoms with van der Waals surface area (Å²) in [7, 11) is -31.1. The van der Waals surface area contributed by atoms with E-state index in [0.29, 0.717) is 98.8 Å². The Hall–Kier alpha value is -0.375. The molecule has 10 aliphatic rings. The lowest BCUT2D eigenvalue weighted by molar-refractivity contribution is -0.170. The number of ether oxygens (including phenoxy) is 4. The maximum Gasteiger partial charge on any atom is 0.479 e. The van der Waals surface area contributed by atoms with E-state index in [9.17, 15) is 4.79 Å². The molecule has 1 aromatic carbocycles. The molecular formula is C97H192O22Si8. The second kappa shape index (κ2) is 48.5. The monoisotopic (exact) mass is 1930 g/mol. The van der Waals surface area contributed by atoms with Crippen LogP contribution in [0, 0.1) is 122 Å². The first-order valence-electron chi connectivity index (χ1n) is 50.3. The van der Waals surface area contributed by atoms with Gasteiger partial charge < -0.3 is 93.9 Å². The predicted molar refractivity (Wildman–Crippen MR) is 526 cm³/mol. The largest absolute Gasteiger partial charge is 0.479 e. The summed E-state index contributed by atoms with van der Waals surface area (Å²) in [4.78, 5) is 12.5. The van der Waals surface area contributed by atoms with Crippen molar-refractivity contribution in [2.75, 3.05) is 72.7 Å². The molecule has 8 bridgehead atoms. The molecule has 4 saturated carbocycles. The van der Waals surface area contributed by atoms with Crippen molar-refractivity contribution >= 4 is 76.4 Å². The van der Waals surface area contributed by atoms with Gasteiger partial charge in [-0.2, -0.15) is 0 Å². The van der Waals surface area contributed by atoms with Crippen LogP contribution in [0.1, 0.15) is 335 Å². The normalized spacial score (nSPS) is 32.7. The predicted octanol–water partition coefficient (Wildman–Crippen LogP) is 22.5. The standard InChI is InChI=1S/C33H74O12Si8.C32H56O2.C17H28O3.C9H20O2.C6H14O3/c1-26(2)18-46-34-47(19-27(3)4)37-50(22-30(9)10)39-48(35-46,20-28(5)6)41-52(24-32(13)14)42-49(36-46,21-29(7)8)40-51(38-47,23-31(11)12)44-53(43-50,45-52)25-33(15,16)17;1-21(2)10-9-11-22(3)26-14-15-27-25-13-12-23-20-24(34-29(33)30(4,5)6)16-18-31(23,7)28(25)17-19-32(26,27)8;1-14-13-16(17(2,3)4)6-5-15(14)7-9-19-11-12-20-10-8-18;1-5-9(6-10,7-11)8(2,3)4;7-3-1-2-5-9-6-4-8/h26-32H,18-25H2,1-17H3;21-28H,9-20H2,1-8H3;5-6,13,18H,7-12H2,1-4H3;10-11H,5-7H2,1-4H3;7-8H,1-6H2/t;22-,23?,24+,25?,26?,27?,28?,31+,32-;;;/m.1.../s1. The second-order valence-corrected chi connectivity index (χ2v) is 71.8. The Bertz CT molecular complexity index is 3230. The van der Waals surface area contributed by atoms with Crippen LogP contribution < -0.4 is 0 Å². The number of carbonyl (C=O) groups is 1. The van der Waals surface area contributed by atoms with Crippen molar-refractivity contribution in [2.45, 2.75) is 391 Å². The first kappa shape index (κ1) is 115. The Kier molecular flexibility index (Phi) is 44.0. The molecule has 5 N–H and O–H groups in total. The van der Waals surface area contributed by atoms with Crippen LogP contribution in [0.5, 0.6) is 0 Å². The van der Waals surface area contributed by atoms with E-state index in [1.54, 1.807) is 0 Å². The highest BCUT2D eigenvalue weighted by Crippen LogP contribution is 2.69. The molecule has 0 amide bonds. The van der Waals surface area contributed by atoms with Gasteiger partial charge in [0.25, 0.3) is 0 Å². The Balaban J connectivity index is 0.000000285. The van der Waals surface area contributed by atoms with E-state index in [1.165, 1.54) is 80.9 Å². The van der Waals surface area contributed by atoms with E-state index >= 15 is 0 Å². The van der Waals surface area contributed by atoms with E-state index in [-0.39, 0.29) is 108 Å². The van der Waals surface area contributed by atoms with Crippen molar-refractivity contribution in [1.29, 1.82) is 0 Å². The third-order valence-electron chi connectivity index (χ3n) is 27.9. The Morgan fingerprint density at radius 3 is 1.20 bits per heavy atom. The summed E-state index contributed by atoms with van der Waals surface area (Å²) in [5.41, 5.74) is 4.26. The van der Waals surface area contributed by atoms with Crippen LogP contribution in [0.2, 0.25) is 48.4 Å². The number of fused-ring (bicyclic) bond motifs is 5. The molecule has 127 heavy (non-hydrogen) atoms. The lowest BCUT2D eigenvalue weighted by Crippen LogP contribution is -2.89. The van der Waals surface area contributed by atoms with Gasteiger partial charge >= 0.3 is 76.4 Å². The average molecular weight is 1940 g/mol. The molecule has 0 aromatic heterocycles. The average Bonchev–Trinajstić information content (AvgIpc) is 1.17. The molecule has 22 nitrogen and oxygen atoms in total. The first-order valence-corrected chi connectivity index (χ1v) is 65.7. The number of hydrogen-bond acceptors (Lipinski definition) is 22. The second-order valence-electron chi connectivity index (χ2n) is 47.9. The molecule has 5 unspecified atom stereocenters. The number of hydrogen-bond donors (Lipinski definition) is 5. The fourth-order valence-electron chi connectivity index (χ4n) is 21.9. The van der Waals surface area contributed by atoms with E-state index < -0.39 is 75.9 Å². The fraction of sp³-hybridized carbons (Fsp3) is 0.928. The summed E-state index contributed by atoms with van der Waals surface area (Å²) >= 11 is 0. The molecule has 11 rings (SSSR count). The summed E-state index contributed by atoms with van der Waals surface area (Å²) in [6, 6.07) is 10.7. The van der Waals surface area contributed by atoms with Crippen molar-refractivity contribution < 1.29 is 98.7 Å². The third-order valence-corrected chi connectivity index (χ3v) is 68.5. The molecule has 6 saturated heterocycles. The van der Waals surface area contributed by atoms with Crippen molar-refractivity contribution in [3.63, 3.8) is 0 Å². The van der Waals surface area contributed by atoms with Crippen LogP contribution in [0.4, 0.5) is 0 Å². The van der Waals surface area contributed by atoms with Crippen molar-refractivity contribution in [3.8, 4) is 0 Å². The van der Waals surface area contributed by atoms with Gasteiger partial charge in [0.1, 0.15) is 6.10 Å². The maximum absolute atomic E-state index is 12.5. The summed E-state index contributed by atoms with van der Waals surface area (Å²) in [6.45, 7) is 76.5. The van der Waals surface area contributed by atoms with Gasteiger partial charge in [0.2, 0.25) is 0 Å². The highest BCUT2D eigenvalue weighted by Gasteiger charge is 2.84. The van der Waals surface area contributed by atoms with E-state index in [1.807, 2.05) is 48.5 Å². The minimum absolute atomic E-state index is 0.0114. The number of unbranched alkanes of at least 4 members (excludes halogenated alkanes) is 1. The summed E-state index contributed by atoms with van der Waals surface area (Å²) in [5.74, 6) is 7.22. The van der Waals surface area contributed by atoms with E-state index in [4.69, 9.17) is 93.9 Å². The van der Waals surface area contributed by atoms with Gasteiger partial charge in [-0.3, -0.25) is 4.79 Å². The maximum atomic E-state index is 12.5. The Morgan fingerprint density at radius 2 is 0.850 bits per heavy atom. The molecule has 0 radical (unpaired) electrons. The van der Waals surface area contributed by atoms with Gasteiger partial charge in [-0.05, 0) is 238 Å². The van der Waals surface area contributed by atoms with Gasteiger partial charge in [-0.15, -0.1) is 0 Å². The number of rotatable bonds is 38. The molecular weight excluding hydrogens is 1740 g/mol. The van der Waals surface area contributed by atoms with Gasteiger partial charge in [0.15, 0.2) is 0 Å². The summed E-state index contributed by atoms with van der Waals surface area (Å²) in [6.07, 6.45) is 19.9. The number of benzene rings is 1. The molecule has 0 spiro atoms. The quantitative estimate of drug-likeness (QED) is 0.0234. The van der Waals surface area contributed by atoms with Crippen molar-refractivity contribution in [1.82, 2.24) is 0 Å². The number of aliphatic hydroxyl groups is 5. The van der Waals surface area contributed by atoms with E-state index in [2.05, 4.69) is 198 Å². The fourth-order valence-corrected chi connectivity index (χ4v) is 73.8. The Labute approximate surface area is 784 Å². The molecule has 30 heteroatoms. The van der Waals surface area contributed by atoms with Gasteiger partial charge in [0.05, 0.1) is 64.9 Å². The zero-order valence-electron chi connectivity index (χ0n) is 86.8.